The van der Waals surface area contributed by atoms with Gasteiger partial charge in [-0.05, 0) is 12.5 Å². The number of hydrogen-bond donors (Lipinski definition) is 1. The van der Waals surface area contributed by atoms with Gasteiger partial charge in [0.15, 0.2) is 0 Å². The molecule has 0 bridgehead atoms. The maximum Gasteiger partial charge on any atom is 0.120 e. The first-order valence-corrected chi connectivity index (χ1v) is 3.63. The van der Waals surface area contributed by atoms with Crippen molar-refractivity contribution in [2.24, 2.45) is 0 Å². The van der Waals surface area contributed by atoms with Crippen molar-refractivity contribution in [1.82, 2.24) is 4.90 Å². The lowest BCUT2D eigenvalue weighted by atomic mass is 10.1. The van der Waals surface area contributed by atoms with Crippen molar-refractivity contribution in [2.75, 3.05) is 14.1 Å². The third-order valence-electron chi connectivity index (χ3n) is 1.47. The number of aliphatic hydroxyl groups is 1. The van der Waals surface area contributed by atoms with Gasteiger partial charge < -0.3 is 10.0 Å². The van der Waals surface area contributed by atoms with Crippen LogP contribution in [0.25, 0.3) is 0 Å². The molecule has 0 aromatic carbocycles. The number of allylic oxidation sites excluding steroid dienone is 4. The van der Waals surface area contributed by atoms with Crippen molar-refractivity contribution in [3.05, 3.63) is 35.8 Å². The van der Waals surface area contributed by atoms with E-state index < -0.39 is 0 Å². The Bertz CT molecular complexity index is 224. The van der Waals surface area contributed by atoms with Crippen molar-refractivity contribution in [1.29, 1.82) is 0 Å². The molecule has 0 spiro atoms. The van der Waals surface area contributed by atoms with E-state index in [0.717, 1.165) is 12.0 Å². The Balaban J connectivity index is 2.75. The summed E-state index contributed by atoms with van der Waals surface area (Å²) in [5.74, 6) is 0.376. The lowest BCUT2D eigenvalue weighted by Gasteiger charge is -2.11. The molecule has 0 unspecified atom stereocenters. The van der Waals surface area contributed by atoms with Crippen molar-refractivity contribution in [3.8, 4) is 0 Å². The molecular weight excluding hydrogens is 138 g/mol. The molecule has 0 saturated carbocycles. The van der Waals surface area contributed by atoms with E-state index in [-0.39, 0.29) is 0 Å². The molecule has 60 valence electrons. The summed E-state index contributed by atoms with van der Waals surface area (Å²) in [5, 5.41) is 9.33. The highest BCUT2D eigenvalue weighted by atomic mass is 16.3. The molecule has 2 heteroatoms. The predicted octanol–water partition coefficient (Wildman–Crippen LogP) is 1.83. The minimum Gasteiger partial charge on any atom is -0.508 e. The van der Waals surface area contributed by atoms with Gasteiger partial charge in [-0.1, -0.05) is 12.2 Å². The van der Waals surface area contributed by atoms with Crippen LogP contribution in [0.4, 0.5) is 0 Å². The molecular formula is C9H13NO. The summed E-state index contributed by atoms with van der Waals surface area (Å²) in [5.41, 5.74) is 0.970. The van der Waals surface area contributed by atoms with Crippen LogP contribution in [0, 0.1) is 0 Å². The zero-order valence-electron chi connectivity index (χ0n) is 6.91. The molecule has 0 aliphatic heterocycles. The van der Waals surface area contributed by atoms with Gasteiger partial charge in [0, 0.05) is 25.9 Å². The SMILES string of the molecule is CN(C)C=C1CC=CC=C1O. The van der Waals surface area contributed by atoms with Crippen LogP contribution in [0.3, 0.4) is 0 Å². The van der Waals surface area contributed by atoms with Crippen LogP contribution in [0.15, 0.2) is 35.8 Å². The molecule has 0 amide bonds. The van der Waals surface area contributed by atoms with E-state index in [0.29, 0.717) is 5.76 Å². The van der Waals surface area contributed by atoms with Crippen molar-refractivity contribution in [3.63, 3.8) is 0 Å². The van der Waals surface area contributed by atoms with Gasteiger partial charge in [-0.2, -0.15) is 0 Å². The molecule has 1 aliphatic rings. The second-order valence-electron chi connectivity index (χ2n) is 2.80. The molecule has 2 nitrogen and oxygen atoms in total. The van der Waals surface area contributed by atoms with Gasteiger partial charge in [-0.25, -0.2) is 0 Å². The topological polar surface area (TPSA) is 23.5 Å². The first-order chi connectivity index (χ1) is 5.20. The molecule has 0 heterocycles. The fourth-order valence-corrected chi connectivity index (χ4v) is 0.996. The first-order valence-electron chi connectivity index (χ1n) is 3.63. The van der Waals surface area contributed by atoms with Crippen molar-refractivity contribution in [2.45, 2.75) is 6.42 Å². The smallest absolute Gasteiger partial charge is 0.120 e. The Morgan fingerprint density at radius 2 is 2.27 bits per heavy atom. The Morgan fingerprint density at radius 3 is 2.82 bits per heavy atom. The van der Waals surface area contributed by atoms with Gasteiger partial charge in [-0.15, -0.1) is 0 Å². The van der Waals surface area contributed by atoms with E-state index >= 15 is 0 Å². The van der Waals surface area contributed by atoms with Crippen LogP contribution in [-0.2, 0) is 0 Å². The second-order valence-corrected chi connectivity index (χ2v) is 2.80. The Morgan fingerprint density at radius 1 is 1.55 bits per heavy atom. The molecule has 0 atom stereocenters. The van der Waals surface area contributed by atoms with Gasteiger partial charge in [0.1, 0.15) is 5.76 Å². The molecule has 0 radical (unpaired) electrons. The van der Waals surface area contributed by atoms with E-state index in [1.807, 2.05) is 37.3 Å². The normalized spacial score (nSPS) is 20.2. The van der Waals surface area contributed by atoms with Gasteiger partial charge in [-0.3, -0.25) is 0 Å². The third kappa shape index (κ3) is 2.15. The highest BCUT2D eigenvalue weighted by molar-refractivity contribution is 5.33. The van der Waals surface area contributed by atoms with Gasteiger partial charge >= 0.3 is 0 Å². The summed E-state index contributed by atoms with van der Waals surface area (Å²) < 4.78 is 0. The number of nitrogens with zero attached hydrogens (tertiary/aromatic N) is 1. The van der Waals surface area contributed by atoms with Crippen LogP contribution in [0.1, 0.15) is 6.42 Å². The lowest BCUT2D eigenvalue weighted by Crippen LogP contribution is -2.04. The average molecular weight is 151 g/mol. The molecule has 11 heavy (non-hydrogen) atoms. The summed E-state index contributed by atoms with van der Waals surface area (Å²) >= 11 is 0. The highest BCUT2D eigenvalue weighted by Crippen LogP contribution is 2.16. The van der Waals surface area contributed by atoms with E-state index in [1.165, 1.54) is 0 Å². The van der Waals surface area contributed by atoms with Crippen LogP contribution < -0.4 is 0 Å². The summed E-state index contributed by atoms with van der Waals surface area (Å²) in [7, 11) is 3.89. The van der Waals surface area contributed by atoms with Crippen LogP contribution in [0.5, 0.6) is 0 Å². The van der Waals surface area contributed by atoms with Crippen molar-refractivity contribution >= 4 is 0 Å². The Labute approximate surface area is 67.1 Å². The molecule has 1 rings (SSSR count). The predicted molar refractivity (Wildman–Crippen MR) is 46.2 cm³/mol. The van der Waals surface area contributed by atoms with Crippen LogP contribution in [-0.4, -0.2) is 24.1 Å². The maximum absolute atomic E-state index is 9.33. The Hall–Kier alpha value is -1.18. The zero-order chi connectivity index (χ0) is 8.27. The molecule has 0 aromatic rings. The van der Waals surface area contributed by atoms with Crippen molar-refractivity contribution < 1.29 is 5.11 Å². The summed E-state index contributed by atoms with van der Waals surface area (Å²) in [4.78, 5) is 1.93. The quantitative estimate of drug-likeness (QED) is 0.618. The largest absolute Gasteiger partial charge is 0.508 e. The highest BCUT2D eigenvalue weighted by Gasteiger charge is 2.03. The van der Waals surface area contributed by atoms with Gasteiger partial charge in [0.25, 0.3) is 0 Å². The third-order valence-corrected chi connectivity index (χ3v) is 1.47. The first kappa shape index (κ1) is 7.92. The van der Waals surface area contributed by atoms with Gasteiger partial charge in [0.2, 0.25) is 0 Å². The summed E-state index contributed by atoms with van der Waals surface area (Å²) in [6.45, 7) is 0. The Kier molecular flexibility index (Phi) is 2.36. The van der Waals surface area contributed by atoms with E-state index in [1.54, 1.807) is 6.08 Å². The summed E-state index contributed by atoms with van der Waals surface area (Å²) in [6, 6.07) is 0. The van der Waals surface area contributed by atoms with Crippen LogP contribution >= 0.6 is 0 Å². The molecule has 0 fully saturated rings. The maximum atomic E-state index is 9.33. The molecule has 0 aromatic heterocycles. The number of rotatable bonds is 1. The average Bonchev–Trinajstić information content (AvgIpc) is 1.93. The monoisotopic (exact) mass is 151 g/mol. The van der Waals surface area contributed by atoms with Gasteiger partial charge in [0.05, 0.1) is 0 Å². The summed E-state index contributed by atoms with van der Waals surface area (Å²) in [6.07, 6.45) is 8.34. The minimum atomic E-state index is 0.376. The van der Waals surface area contributed by atoms with E-state index in [9.17, 15) is 5.11 Å². The van der Waals surface area contributed by atoms with Crippen LogP contribution in [0.2, 0.25) is 0 Å². The van der Waals surface area contributed by atoms with E-state index in [2.05, 4.69) is 0 Å². The molecule has 1 aliphatic carbocycles. The lowest BCUT2D eigenvalue weighted by molar-refractivity contribution is 0.415. The number of aliphatic hydroxyl groups excluding tert-OH is 1. The zero-order valence-corrected chi connectivity index (χ0v) is 6.91. The second kappa shape index (κ2) is 3.28. The standard InChI is InChI=1S/C9H13NO/c1-10(2)7-8-5-3-4-6-9(8)11/h3-4,6-7,11H,5H2,1-2H3. The number of hydrogen-bond acceptors (Lipinski definition) is 2. The fraction of sp³-hybridized carbons (Fsp3) is 0.333. The fourth-order valence-electron chi connectivity index (χ4n) is 0.996. The van der Waals surface area contributed by atoms with E-state index in [4.69, 9.17) is 0 Å². The minimum absolute atomic E-state index is 0.376. The molecule has 1 N–H and O–H groups in total. The molecule has 0 saturated heterocycles.